The van der Waals surface area contributed by atoms with Crippen LogP contribution in [0.1, 0.15) is 40.4 Å². The lowest BCUT2D eigenvalue weighted by molar-refractivity contribution is 0.102. The minimum atomic E-state index is -3.32. The van der Waals surface area contributed by atoms with Crippen molar-refractivity contribution in [3.63, 3.8) is 0 Å². The molecule has 0 aromatic heterocycles. The summed E-state index contributed by atoms with van der Waals surface area (Å²) in [4.78, 5) is 12.6. The highest BCUT2D eigenvalue weighted by Crippen LogP contribution is 2.35. The average molecular weight is 370 g/mol. The summed E-state index contributed by atoms with van der Waals surface area (Å²) >= 11 is 0. The first kappa shape index (κ1) is 17.1. The van der Waals surface area contributed by atoms with Crippen molar-refractivity contribution in [3.8, 4) is 0 Å². The Kier molecular flexibility index (Phi) is 4.03. The SMILES string of the molecule is C[C@H]1Cc2cc(C(=O)Nc3ccc4c(c3)CCC4)ccc2N1S(C)(=O)=O. The van der Waals surface area contributed by atoms with Gasteiger partial charge >= 0.3 is 0 Å². The van der Waals surface area contributed by atoms with Gasteiger partial charge in [-0.2, -0.15) is 0 Å². The number of rotatable bonds is 3. The predicted octanol–water partition coefficient (Wildman–Crippen LogP) is 3.14. The molecule has 0 saturated carbocycles. The molecule has 0 bridgehead atoms. The average Bonchev–Trinajstić information content (AvgIpc) is 3.15. The van der Waals surface area contributed by atoms with Gasteiger partial charge in [-0.1, -0.05) is 6.07 Å². The number of hydrogen-bond acceptors (Lipinski definition) is 3. The minimum absolute atomic E-state index is 0.130. The van der Waals surface area contributed by atoms with Crippen LogP contribution in [-0.2, 0) is 29.3 Å². The van der Waals surface area contributed by atoms with Gasteiger partial charge in [0, 0.05) is 17.3 Å². The van der Waals surface area contributed by atoms with Crippen molar-refractivity contribution in [2.45, 2.75) is 38.6 Å². The van der Waals surface area contributed by atoms with Crippen LogP contribution in [0.5, 0.6) is 0 Å². The highest BCUT2D eigenvalue weighted by atomic mass is 32.2. The second kappa shape index (κ2) is 6.13. The van der Waals surface area contributed by atoms with Crippen LogP contribution in [0.4, 0.5) is 11.4 Å². The van der Waals surface area contributed by atoms with Gasteiger partial charge in [0.15, 0.2) is 0 Å². The van der Waals surface area contributed by atoms with Gasteiger partial charge in [0.2, 0.25) is 10.0 Å². The van der Waals surface area contributed by atoms with Gasteiger partial charge < -0.3 is 5.32 Å². The number of aryl methyl sites for hydroxylation is 2. The number of anilines is 2. The van der Waals surface area contributed by atoms with E-state index in [2.05, 4.69) is 17.4 Å². The third kappa shape index (κ3) is 2.98. The molecular weight excluding hydrogens is 348 g/mol. The molecule has 0 radical (unpaired) electrons. The van der Waals surface area contributed by atoms with Crippen molar-refractivity contribution < 1.29 is 13.2 Å². The third-order valence-electron chi connectivity index (χ3n) is 5.21. The van der Waals surface area contributed by atoms with Gasteiger partial charge in [0.05, 0.1) is 11.9 Å². The molecule has 0 spiro atoms. The second-order valence-corrected chi connectivity index (χ2v) is 9.11. The van der Waals surface area contributed by atoms with E-state index in [1.165, 1.54) is 28.1 Å². The fourth-order valence-corrected chi connectivity index (χ4v) is 5.37. The Hall–Kier alpha value is -2.34. The van der Waals surface area contributed by atoms with E-state index in [4.69, 9.17) is 0 Å². The Bertz CT molecular complexity index is 998. The molecule has 1 aliphatic carbocycles. The van der Waals surface area contributed by atoms with E-state index >= 15 is 0 Å². The maximum absolute atomic E-state index is 12.6. The number of sulfonamides is 1. The normalized spacial score (nSPS) is 18.5. The van der Waals surface area contributed by atoms with E-state index < -0.39 is 10.0 Å². The van der Waals surface area contributed by atoms with Gasteiger partial charge in [0.1, 0.15) is 0 Å². The maximum atomic E-state index is 12.6. The second-order valence-electron chi connectivity index (χ2n) is 7.25. The molecule has 1 aliphatic heterocycles. The van der Waals surface area contributed by atoms with Crippen LogP contribution in [0.25, 0.3) is 0 Å². The van der Waals surface area contributed by atoms with Crippen molar-refractivity contribution in [2.75, 3.05) is 15.9 Å². The molecule has 2 aromatic carbocycles. The monoisotopic (exact) mass is 370 g/mol. The number of carbonyl (C=O) groups excluding carboxylic acids is 1. The van der Waals surface area contributed by atoms with Crippen LogP contribution in [0.3, 0.4) is 0 Å². The van der Waals surface area contributed by atoms with Crippen LogP contribution < -0.4 is 9.62 Å². The van der Waals surface area contributed by atoms with E-state index in [0.29, 0.717) is 17.7 Å². The van der Waals surface area contributed by atoms with Crippen molar-refractivity contribution in [1.82, 2.24) is 0 Å². The number of hydrogen-bond donors (Lipinski definition) is 1. The summed E-state index contributed by atoms with van der Waals surface area (Å²) in [6, 6.07) is 11.2. The number of benzene rings is 2. The molecule has 1 amide bonds. The summed E-state index contributed by atoms with van der Waals surface area (Å²) in [7, 11) is -3.32. The van der Waals surface area contributed by atoms with E-state index in [0.717, 1.165) is 24.1 Å². The van der Waals surface area contributed by atoms with Gasteiger partial charge in [-0.05, 0) is 79.6 Å². The van der Waals surface area contributed by atoms with Crippen LogP contribution in [0.15, 0.2) is 36.4 Å². The lowest BCUT2D eigenvalue weighted by atomic mass is 10.1. The zero-order valence-electron chi connectivity index (χ0n) is 15.0. The Morgan fingerprint density at radius 2 is 1.85 bits per heavy atom. The molecule has 136 valence electrons. The van der Waals surface area contributed by atoms with Crippen molar-refractivity contribution in [3.05, 3.63) is 58.7 Å². The first-order valence-electron chi connectivity index (χ1n) is 8.88. The van der Waals surface area contributed by atoms with Crippen LogP contribution in [0, 0.1) is 0 Å². The topological polar surface area (TPSA) is 66.5 Å². The zero-order valence-corrected chi connectivity index (χ0v) is 15.8. The molecule has 2 aromatic rings. The summed E-state index contributed by atoms with van der Waals surface area (Å²) < 4.78 is 25.4. The van der Waals surface area contributed by atoms with Crippen LogP contribution >= 0.6 is 0 Å². The molecule has 6 heteroatoms. The summed E-state index contributed by atoms with van der Waals surface area (Å²) in [6.07, 6.45) is 5.18. The number of nitrogens with one attached hydrogen (secondary N) is 1. The fraction of sp³-hybridized carbons (Fsp3) is 0.350. The van der Waals surface area contributed by atoms with Crippen molar-refractivity contribution in [1.29, 1.82) is 0 Å². The Morgan fingerprint density at radius 1 is 1.08 bits per heavy atom. The van der Waals surface area contributed by atoms with E-state index in [1.807, 2.05) is 13.0 Å². The van der Waals surface area contributed by atoms with E-state index in [1.54, 1.807) is 18.2 Å². The molecule has 26 heavy (non-hydrogen) atoms. The fourth-order valence-electron chi connectivity index (χ4n) is 4.10. The molecule has 0 unspecified atom stereocenters. The lowest BCUT2D eigenvalue weighted by Gasteiger charge is -2.21. The quantitative estimate of drug-likeness (QED) is 0.903. The first-order valence-corrected chi connectivity index (χ1v) is 10.7. The Balaban J connectivity index is 1.58. The van der Waals surface area contributed by atoms with Gasteiger partial charge in [-0.15, -0.1) is 0 Å². The molecule has 1 atom stereocenters. The number of carbonyl (C=O) groups is 1. The molecule has 1 N–H and O–H groups in total. The lowest BCUT2D eigenvalue weighted by Crippen LogP contribution is -2.34. The standard InChI is InChI=1S/C20H22N2O3S/c1-13-10-17-11-16(7-9-19(17)22(13)26(2,24)25)20(23)21-18-8-6-14-4-3-5-15(14)12-18/h6-9,11-13H,3-5,10H2,1-2H3,(H,21,23)/t13-/m0/s1. The van der Waals surface area contributed by atoms with Gasteiger partial charge in [0.25, 0.3) is 5.91 Å². The minimum Gasteiger partial charge on any atom is -0.322 e. The van der Waals surface area contributed by atoms with Crippen LogP contribution in [0.2, 0.25) is 0 Å². The summed E-state index contributed by atoms with van der Waals surface area (Å²) in [5, 5.41) is 2.96. The third-order valence-corrected chi connectivity index (χ3v) is 6.48. The van der Waals surface area contributed by atoms with Crippen molar-refractivity contribution >= 4 is 27.3 Å². The highest BCUT2D eigenvalue weighted by Gasteiger charge is 2.32. The number of nitrogens with zero attached hydrogens (tertiary/aromatic N) is 1. The summed E-state index contributed by atoms with van der Waals surface area (Å²) in [6.45, 7) is 1.88. The Labute approximate surface area is 154 Å². The van der Waals surface area contributed by atoms with Crippen molar-refractivity contribution in [2.24, 2.45) is 0 Å². The molecule has 0 saturated heterocycles. The molecular formula is C20H22N2O3S. The largest absolute Gasteiger partial charge is 0.322 e. The smallest absolute Gasteiger partial charge is 0.255 e. The summed E-state index contributed by atoms with van der Waals surface area (Å²) in [5.41, 5.74) is 5.61. The Morgan fingerprint density at radius 3 is 2.62 bits per heavy atom. The first-order chi connectivity index (χ1) is 12.3. The van der Waals surface area contributed by atoms with Crippen LogP contribution in [-0.4, -0.2) is 26.6 Å². The summed E-state index contributed by atoms with van der Waals surface area (Å²) in [5.74, 6) is -0.170. The zero-order chi connectivity index (χ0) is 18.5. The predicted molar refractivity (Wildman–Crippen MR) is 103 cm³/mol. The number of amides is 1. The highest BCUT2D eigenvalue weighted by molar-refractivity contribution is 7.92. The molecule has 1 heterocycles. The molecule has 2 aliphatic rings. The molecule has 5 nitrogen and oxygen atoms in total. The molecule has 0 fully saturated rings. The molecule has 4 rings (SSSR count). The van der Waals surface area contributed by atoms with E-state index in [9.17, 15) is 13.2 Å². The maximum Gasteiger partial charge on any atom is 0.255 e. The number of fused-ring (bicyclic) bond motifs is 2. The van der Waals surface area contributed by atoms with E-state index in [-0.39, 0.29) is 11.9 Å². The van der Waals surface area contributed by atoms with Gasteiger partial charge in [-0.25, -0.2) is 8.42 Å². The van der Waals surface area contributed by atoms with Gasteiger partial charge in [-0.3, -0.25) is 9.10 Å².